The van der Waals surface area contributed by atoms with Crippen molar-refractivity contribution in [1.82, 2.24) is 4.98 Å². The molecule has 0 bridgehead atoms. The molecule has 1 aromatic heterocycles. The van der Waals surface area contributed by atoms with Crippen molar-refractivity contribution in [1.29, 1.82) is 5.41 Å². The largest absolute Gasteiger partial charge is 0.493 e. The molecule has 1 aromatic carbocycles. The van der Waals surface area contributed by atoms with Crippen molar-refractivity contribution in [2.24, 2.45) is 0 Å². The van der Waals surface area contributed by atoms with Gasteiger partial charge in [0.15, 0.2) is 0 Å². The highest BCUT2D eigenvalue weighted by atomic mass is 35.5. The summed E-state index contributed by atoms with van der Waals surface area (Å²) in [7, 11) is 0. The Morgan fingerprint density at radius 2 is 2.07 bits per heavy atom. The molecule has 1 atom stereocenters. The average molecular weight is 411 g/mol. The van der Waals surface area contributed by atoms with E-state index in [1.807, 2.05) is 24.3 Å². The summed E-state index contributed by atoms with van der Waals surface area (Å²) in [4.78, 5) is 4.60. The van der Waals surface area contributed by atoms with E-state index in [9.17, 15) is 5.11 Å². The second-order valence-electron chi connectivity index (χ2n) is 7.21. The molecule has 0 spiro atoms. The number of nitrogens with one attached hydrogen (secondary N) is 1. The number of hydrogen-bond acceptors (Lipinski definition) is 4. The summed E-state index contributed by atoms with van der Waals surface area (Å²) in [6, 6.07) is 7.76. The predicted octanol–water partition coefficient (Wildman–Crippen LogP) is 5.92. The van der Waals surface area contributed by atoms with Gasteiger partial charge in [-0.05, 0) is 66.0 Å². The molecule has 2 aromatic rings. The van der Waals surface area contributed by atoms with Crippen LogP contribution in [0.5, 0.6) is 5.88 Å². The van der Waals surface area contributed by atoms with E-state index in [0.29, 0.717) is 0 Å². The maximum atomic E-state index is 10.8. The minimum atomic E-state index is 0.0464. The first-order valence-electron chi connectivity index (χ1n) is 9.65. The maximum absolute atomic E-state index is 10.8. The summed E-state index contributed by atoms with van der Waals surface area (Å²) in [5, 5.41) is 19.3. The van der Waals surface area contributed by atoms with E-state index in [-0.39, 0.29) is 11.3 Å². The number of benzene rings is 1. The van der Waals surface area contributed by atoms with E-state index in [0.717, 1.165) is 59.6 Å². The lowest BCUT2D eigenvalue weighted by atomic mass is 9.87. The molecule has 5 heteroatoms. The molecule has 4 rings (SSSR count). The smallest absolute Gasteiger partial charge is 0.220 e. The summed E-state index contributed by atoms with van der Waals surface area (Å²) in [5.41, 5.74) is 6.28. The van der Waals surface area contributed by atoms with Gasteiger partial charge >= 0.3 is 0 Å². The Morgan fingerprint density at radius 3 is 2.86 bits per heavy atom. The molecule has 0 fully saturated rings. The third-order valence-electron chi connectivity index (χ3n) is 5.37. The van der Waals surface area contributed by atoms with E-state index >= 15 is 0 Å². The highest BCUT2D eigenvalue weighted by Gasteiger charge is 2.24. The van der Waals surface area contributed by atoms with Gasteiger partial charge in [-0.2, -0.15) is 0 Å². The van der Waals surface area contributed by atoms with Crippen LogP contribution in [0.1, 0.15) is 36.0 Å². The van der Waals surface area contributed by atoms with E-state index in [1.165, 1.54) is 22.9 Å². The Hall–Kier alpha value is -2.04. The summed E-state index contributed by atoms with van der Waals surface area (Å²) < 4.78 is 0. The first-order valence-corrected chi connectivity index (χ1v) is 11.1. The molecule has 0 radical (unpaired) electrons. The lowest BCUT2D eigenvalue weighted by Gasteiger charge is -2.23. The Morgan fingerprint density at radius 1 is 1.25 bits per heavy atom. The number of halogens is 1. The van der Waals surface area contributed by atoms with Crippen molar-refractivity contribution in [3.05, 3.63) is 64.8 Å². The van der Waals surface area contributed by atoms with Crippen LogP contribution in [0.2, 0.25) is 0 Å². The standard InChI is InChI=1S/C23H23ClN2OS/c24-20-11-4-1-7-17(20)14-28-23-19-10-3-2-9-18(19)21(22(27)26-23)16-8-5-6-15(12-16)13-25/h1,4-8,12-13,20,25H,2-3,9-11,14H2,(H,26,27). The summed E-state index contributed by atoms with van der Waals surface area (Å²) in [5.74, 6) is 0.880. The van der Waals surface area contributed by atoms with Gasteiger partial charge in [-0.3, -0.25) is 0 Å². The van der Waals surface area contributed by atoms with Gasteiger partial charge in [-0.15, -0.1) is 23.4 Å². The lowest BCUT2D eigenvalue weighted by molar-refractivity contribution is 0.447. The van der Waals surface area contributed by atoms with Gasteiger partial charge in [0.05, 0.1) is 5.38 Å². The SMILES string of the molecule is N=Cc1cccc(-c2c(O)nc(SCC3=CC=CCC3Cl)c3c2CCCC3)c1. The van der Waals surface area contributed by atoms with Crippen LogP contribution in [0.15, 0.2) is 53.1 Å². The fourth-order valence-corrected chi connectivity index (χ4v) is 5.41. The molecular weight excluding hydrogens is 388 g/mol. The Bertz CT molecular complexity index is 967. The van der Waals surface area contributed by atoms with Crippen molar-refractivity contribution in [3.63, 3.8) is 0 Å². The van der Waals surface area contributed by atoms with E-state index in [4.69, 9.17) is 17.0 Å². The molecule has 2 aliphatic rings. The molecule has 28 heavy (non-hydrogen) atoms. The number of alkyl halides is 1. The number of aromatic hydroxyl groups is 1. The zero-order valence-corrected chi connectivity index (χ0v) is 17.2. The zero-order chi connectivity index (χ0) is 19.5. The second-order valence-corrected chi connectivity index (χ2v) is 8.70. The monoisotopic (exact) mass is 410 g/mol. The normalized spacial score (nSPS) is 18.5. The summed E-state index contributed by atoms with van der Waals surface area (Å²) in [6.45, 7) is 0. The summed E-state index contributed by atoms with van der Waals surface area (Å²) in [6.07, 6.45) is 12.7. The maximum Gasteiger partial charge on any atom is 0.220 e. The Labute approximate surface area is 175 Å². The quantitative estimate of drug-likeness (QED) is 0.365. The summed E-state index contributed by atoms with van der Waals surface area (Å²) >= 11 is 8.11. The number of pyridine rings is 1. The number of nitrogens with zero attached hydrogens (tertiary/aromatic N) is 1. The Kier molecular flexibility index (Phi) is 5.88. The molecular formula is C23H23ClN2OS. The van der Waals surface area contributed by atoms with Crippen molar-refractivity contribution < 1.29 is 5.11 Å². The second kappa shape index (κ2) is 8.54. The number of hydrogen-bond donors (Lipinski definition) is 2. The number of allylic oxidation sites excluding steroid dienone is 3. The van der Waals surface area contributed by atoms with Gasteiger partial charge in [-0.1, -0.05) is 36.4 Å². The minimum Gasteiger partial charge on any atom is -0.493 e. The third-order valence-corrected chi connectivity index (χ3v) is 6.92. The van der Waals surface area contributed by atoms with Gasteiger partial charge in [-0.25, -0.2) is 4.98 Å². The number of aromatic nitrogens is 1. The predicted molar refractivity (Wildman–Crippen MR) is 118 cm³/mol. The van der Waals surface area contributed by atoms with Crippen molar-refractivity contribution in [3.8, 4) is 17.0 Å². The average Bonchev–Trinajstić information content (AvgIpc) is 2.73. The van der Waals surface area contributed by atoms with Crippen molar-refractivity contribution in [2.45, 2.75) is 42.5 Å². The van der Waals surface area contributed by atoms with Crippen LogP contribution in [-0.2, 0) is 12.8 Å². The minimum absolute atomic E-state index is 0.0464. The first kappa shape index (κ1) is 19.3. The zero-order valence-electron chi connectivity index (χ0n) is 15.6. The number of rotatable bonds is 5. The van der Waals surface area contributed by atoms with Crippen LogP contribution in [0.3, 0.4) is 0 Å². The topological polar surface area (TPSA) is 57.0 Å². The fraction of sp³-hybridized carbons (Fsp3) is 0.304. The molecule has 0 saturated carbocycles. The van der Waals surface area contributed by atoms with Crippen LogP contribution < -0.4 is 0 Å². The lowest BCUT2D eigenvalue weighted by Crippen LogP contribution is -2.10. The molecule has 1 heterocycles. The number of fused-ring (bicyclic) bond motifs is 1. The van der Waals surface area contributed by atoms with E-state index in [2.05, 4.69) is 23.2 Å². The molecule has 0 saturated heterocycles. The van der Waals surface area contributed by atoms with Crippen LogP contribution in [0, 0.1) is 5.41 Å². The van der Waals surface area contributed by atoms with Crippen molar-refractivity contribution >= 4 is 29.6 Å². The fourth-order valence-electron chi connectivity index (χ4n) is 3.91. The molecule has 0 aliphatic heterocycles. The van der Waals surface area contributed by atoms with E-state index < -0.39 is 0 Å². The molecule has 144 valence electrons. The van der Waals surface area contributed by atoms with Crippen LogP contribution in [0.25, 0.3) is 11.1 Å². The van der Waals surface area contributed by atoms with Crippen molar-refractivity contribution in [2.75, 3.05) is 5.75 Å². The molecule has 2 N–H and O–H groups in total. The number of thioether (sulfide) groups is 1. The van der Waals surface area contributed by atoms with Gasteiger partial charge in [0.2, 0.25) is 5.88 Å². The highest BCUT2D eigenvalue weighted by molar-refractivity contribution is 7.99. The molecule has 3 nitrogen and oxygen atoms in total. The third kappa shape index (κ3) is 3.89. The van der Waals surface area contributed by atoms with Gasteiger partial charge in [0.1, 0.15) is 5.03 Å². The molecule has 1 unspecified atom stereocenters. The first-order chi connectivity index (χ1) is 13.7. The van der Waals surface area contributed by atoms with Crippen LogP contribution in [0.4, 0.5) is 0 Å². The Balaban J connectivity index is 1.71. The van der Waals surface area contributed by atoms with Crippen LogP contribution >= 0.6 is 23.4 Å². The van der Waals surface area contributed by atoms with Gasteiger partial charge in [0.25, 0.3) is 0 Å². The molecule has 2 aliphatic carbocycles. The van der Waals surface area contributed by atoms with Gasteiger partial charge < -0.3 is 10.5 Å². The molecule has 0 amide bonds. The van der Waals surface area contributed by atoms with E-state index in [1.54, 1.807) is 11.8 Å². The van der Waals surface area contributed by atoms with Gasteiger partial charge in [0, 0.05) is 17.5 Å². The van der Waals surface area contributed by atoms with Crippen LogP contribution in [-0.4, -0.2) is 27.4 Å². The highest BCUT2D eigenvalue weighted by Crippen LogP contribution is 2.41.